The van der Waals surface area contributed by atoms with Crippen LogP contribution >= 0.6 is 0 Å². The molecule has 0 spiro atoms. The molecule has 6 nitrogen and oxygen atoms in total. The molecule has 0 saturated heterocycles. The number of hydrogen-bond acceptors (Lipinski definition) is 4. The first-order chi connectivity index (χ1) is 9.61. The summed E-state index contributed by atoms with van der Waals surface area (Å²) < 4.78 is 0. The van der Waals surface area contributed by atoms with Crippen molar-refractivity contribution in [3.8, 4) is 6.07 Å². The van der Waals surface area contributed by atoms with Gasteiger partial charge in [-0.1, -0.05) is 0 Å². The van der Waals surface area contributed by atoms with E-state index in [0.717, 1.165) is 0 Å². The van der Waals surface area contributed by atoms with Crippen LogP contribution in [0.1, 0.15) is 26.4 Å². The zero-order valence-corrected chi connectivity index (χ0v) is 10.2. The maximum Gasteiger partial charge on any atom is 0.355 e. The second-order valence-electron chi connectivity index (χ2n) is 3.85. The van der Waals surface area contributed by atoms with Crippen LogP contribution in [-0.2, 0) is 0 Å². The first-order valence-electron chi connectivity index (χ1n) is 5.61. The predicted octanol–water partition coefficient (Wildman–Crippen LogP) is 1.90. The highest BCUT2D eigenvalue weighted by Crippen LogP contribution is 2.12. The topological polar surface area (TPSA) is 103 Å². The number of carboxylic acids is 1. The lowest BCUT2D eigenvalue weighted by molar-refractivity contribution is 0.0686. The molecule has 98 valence electrons. The lowest BCUT2D eigenvalue weighted by atomic mass is 10.1. The number of benzene rings is 1. The van der Waals surface area contributed by atoms with Gasteiger partial charge in [0.1, 0.15) is 0 Å². The fraction of sp³-hybridized carbons (Fsp3) is 0. The molecule has 2 N–H and O–H groups in total. The molecule has 0 aliphatic heterocycles. The summed E-state index contributed by atoms with van der Waals surface area (Å²) in [6.07, 6.45) is 1.31. The van der Waals surface area contributed by atoms with Crippen molar-refractivity contribution < 1.29 is 14.7 Å². The van der Waals surface area contributed by atoms with Crippen LogP contribution in [0, 0.1) is 11.3 Å². The Morgan fingerprint density at radius 2 is 1.90 bits per heavy atom. The molecular weight excluding hydrogens is 258 g/mol. The van der Waals surface area contributed by atoms with Crippen molar-refractivity contribution >= 4 is 17.6 Å². The second-order valence-corrected chi connectivity index (χ2v) is 3.85. The molecule has 1 aromatic carbocycles. The number of carbonyl (C=O) groups is 2. The van der Waals surface area contributed by atoms with E-state index in [0.29, 0.717) is 11.3 Å². The number of rotatable bonds is 3. The van der Waals surface area contributed by atoms with Gasteiger partial charge >= 0.3 is 5.97 Å². The minimum absolute atomic E-state index is 0.0237. The zero-order valence-electron chi connectivity index (χ0n) is 10.2. The molecule has 0 fully saturated rings. The van der Waals surface area contributed by atoms with E-state index in [1.165, 1.54) is 18.3 Å². The fourth-order valence-corrected chi connectivity index (χ4v) is 1.59. The average Bonchev–Trinajstić information content (AvgIpc) is 2.48. The maximum atomic E-state index is 12.0. The third-order valence-corrected chi connectivity index (χ3v) is 2.53. The van der Waals surface area contributed by atoms with Gasteiger partial charge in [0, 0.05) is 11.9 Å². The summed E-state index contributed by atoms with van der Waals surface area (Å²) in [7, 11) is 0. The molecule has 0 bridgehead atoms. The van der Waals surface area contributed by atoms with Gasteiger partial charge in [0.25, 0.3) is 5.91 Å². The number of nitriles is 1. The molecule has 0 aliphatic carbocycles. The van der Waals surface area contributed by atoms with Crippen molar-refractivity contribution in [1.82, 2.24) is 4.98 Å². The summed E-state index contributed by atoms with van der Waals surface area (Å²) in [4.78, 5) is 26.7. The Bertz CT molecular complexity index is 702. The van der Waals surface area contributed by atoms with Crippen molar-refractivity contribution in [2.45, 2.75) is 0 Å². The van der Waals surface area contributed by atoms with Crippen molar-refractivity contribution in [2.75, 3.05) is 5.32 Å². The van der Waals surface area contributed by atoms with Gasteiger partial charge in [-0.2, -0.15) is 5.26 Å². The van der Waals surface area contributed by atoms with E-state index >= 15 is 0 Å². The second kappa shape index (κ2) is 5.63. The summed E-state index contributed by atoms with van der Waals surface area (Å²) in [5.74, 6) is -1.84. The predicted molar refractivity (Wildman–Crippen MR) is 70.3 cm³/mol. The molecule has 6 heteroatoms. The number of carbonyl (C=O) groups excluding carboxylic acids is 1. The Morgan fingerprint density at radius 3 is 2.50 bits per heavy atom. The van der Waals surface area contributed by atoms with E-state index < -0.39 is 11.9 Å². The van der Waals surface area contributed by atoms with Crippen LogP contribution in [0.15, 0.2) is 42.6 Å². The van der Waals surface area contributed by atoms with Gasteiger partial charge in [-0.15, -0.1) is 0 Å². The molecule has 1 aromatic heterocycles. The van der Waals surface area contributed by atoms with Crippen LogP contribution < -0.4 is 5.32 Å². The first-order valence-corrected chi connectivity index (χ1v) is 5.61. The normalized spacial score (nSPS) is 9.55. The lowest BCUT2D eigenvalue weighted by Gasteiger charge is -2.06. The molecule has 0 aliphatic rings. The highest BCUT2D eigenvalue weighted by molar-refractivity contribution is 6.09. The van der Waals surface area contributed by atoms with Crippen LogP contribution in [-0.4, -0.2) is 22.0 Å². The molecule has 1 heterocycles. The minimum atomic E-state index is -1.27. The van der Waals surface area contributed by atoms with E-state index in [2.05, 4.69) is 10.3 Å². The summed E-state index contributed by atoms with van der Waals surface area (Å²) in [5, 5.41) is 20.2. The number of aromatic carboxylic acids is 1. The van der Waals surface area contributed by atoms with Crippen LogP contribution in [0.3, 0.4) is 0 Å². The van der Waals surface area contributed by atoms with Crippen molar-refractivity contribution in [2.24, 2.45) is 0 Å². The van der Waals surface area contributed by atoms with Gasteiger partial charge in [-0.25, -0.2) is 9.78 Å². The number of aromatic nitrogens is 1. The van der Waals surface area contributed by atoms with Crippen LogP contribution in [0.5, 0.6) is 0 Å². The van der Waals surface area contributed by atoms with Gasteiger partial charge in [-0.05, 0) is 36.4 Å². The lowest BCUT2D eigenvalue weighted by Crippen LogP contribution is -2.17. The first kappa shape index (κ1) is 13.2. The molecular formula is C14H9N3O3. The Kier molecular flexibility index (Phi) is 3.72. The highest BCUT2D eigenvalue weighted by Gasteiger charge is 2.17. The number of anilines is 1. The van der Waals surface area contributed by atoms with E-state index in [-0.39, 0.29) is 11.3 Å². The average molecular weight is 267 g/mol. The summed E-state index contributed by atoms with van der Waals surface area (Å²) >= 11 is 0. The quantitative estimate of drug-likeness (QED) is 0.884. The van der Waals surface area contributed by atoms with Crippen LogP contribution in [0.2, 0.25) is 0 Å². The Balaban J connectivity index is 2.24. The van der Waals surface area contributed by atoms with Gasteiger partial charge in [0.05, 0.1) is 17.2 Å². The molecule has 0 radical (unpaired) electrons. The zero-order chi connectivity index (χ0) is 14.5. The number of nitrogens with one attached hydrogen (secondary N) is 1. The van der Waals surface area contributed by atoms with Gasteiger partial charge in [0.2, 0.25) is 0 Å². The van der Waals surface area contributed by atoms with Crippen molar-refractivity contribution in [3.63, 3.8) is 0 Å². The number of pyridine rings is 1. The third-order valence-electron chi connectivity index (χ3n) is 2.53. The molecule has 0 unspecified atom stereocenters. The smallest absolute Gasteiger partial charge is 0.355 e. The summed E-state index contributed by atoms with van der Waals surface area (Å²) in [6, 6.07) is 11.1. The van der Waals surface area contributed by atoms with Gasteiger partial charge < -0.3 is 10.4 Å². The highest BCUT2D eigenvalue weighted by atomic mass is 16.4. The number of amides is 1. The molecule has 1 amide bonds. The molecule has 0 saturated carbocycles. The van der Waals surface area contributed by atoms with E-state index in [9.17, 15) is 9.59 Å². The number of hydrogen-bond donors (Lipinski definition) is 2. The third kappa shape index (κ3) is 2.79. The molecule has 2 aromatic rings. The Hall–Kier alpha value is -3.20. The number of carboxylic acid groups (broad SMARTS) is 1. The Morgan fingerprint density at radius 1 is 1.20 bits per heavy atom. The monoisotopic (exact) mass is 267 g/mol. The van der Waals surface area contributed by atoms with E-state index in [4.69, 9.17) is 10.4 Å². The maximum absolute atomic E-state index is 12.0. The Labute approximate surface area is 114 Å². The molecule has 0 atom stereocenters. The summed E-state index contributed by atoms with van der Waals surface area (Å²) in [6.45, 7) is 0. The van der Waals surface area contributed by atoms with Gasteiger partial charge in [0.15, 0.2) is 5.69 Å². The van der Waals surface area contributed by atoms with Gasteiger partial charge in [-0.3, -0.25) is 4.79 Å². The summed E-state index contributed by atoms with van der Waals surface area (Å²) in [5.41, 5.74) is 0.604. The van der Waals surface area contributed by atoms with Crippen molar-refractivity contribution in [1.29, 1.82) is 5.26 Å². The van der Waals surface area contributed by atoms with Crippen LogP contribution in [0.4, 0.5) is 5.69 Å². The fourth-order valence-electron chi connectivity index (χ4n) is 1.59. The number of nitrogens with zero attached hydrogens (tertiary/aromatic N) is 2. The SMILES string of the molecule is N#Cc1ccc(NC(=O)c2cccnc2C(=O)O)cc1. The van der Waals surface area contributed by atoms with Crippen molar-refractivity contribution in [3.05, 3.63) is 59.4 Å². The van der Waals surface area contributed by atoms with Crippen LogP contribution in [0.25, 0.3) is 0 Å². The minimum Gasteiger partial charge on any atom is -0.476 e. The van der Waals surface area contributed by atoms with E-state index in [1.54, 1.807) is 24.3 Å². The van der Waals surface area contributed by atoms with E-state index in [1.807, 2.05) is 6.07 Å². The molecule has 2 rings (SSSR count). The molecule has 20 heavy (non-hydrogen) atoms. The largest absolute Gasteiger partial charge is 0.476 e. The standard InChI is InChI=1S/C14H9N3O3/c15-8-9-3-5-10(6-4-9)17-13(18)11-2-1-7-16-12(11)14(19)20/h1-7H,(H,17,18)(H,19,20).